The number of imidazole rings is 1. The third-order valence-electron chi connectivity index (χ3n) is 4.99. The molecule has 2 aromatic rings. The maximum absolute atomic E-state index is 12.2. The molecular formula is C16H21N3OS. The number of rotatable bonds is 3. The average molecular weight is 303 g/mol. The molecule has 0 radical (unpaired) electrons. The smallest absolute Gasteiger partial charge is 0.193 e. The second-order valence-corrected chi connectivity index (χ2v) is 7.20. The summed E-state index contributed by atoms with van der Waals surface area (Å²) in [5.41, 5.74) is 1.14. The summed E-state index contributed by atoms with van der Waals surface area (Å²) in [6, 6.07) is 0.456. The molecule has 0 spiro atoms. The van der Waals surface area contributed by atoms with Gasteiger partial charge in [0.25, 0.3) is 0 Å². The van der Waals surface area contributed by atoms with Gasteiger partial charge in [-0.2, -0.15) is 0 Å². The van der Waals surface area contributed by atoms with Crippen molar-refractivity contribution in [1.29, 1.82) is 0 Å². The third-order valence-corrected chi connectivity index (χ3v) is 5.76. The maximum atomic E-state index is 12.2. The van der Waals surface area contributed by atoms with Gasteiger partial charge in [0.05, 0.1) is 5.69 Å². The summed E-state index contributed by atoms with van der Waals surface area (Å²) in [7, 11) is 0. The Morgan fingerprint density at radius 1 is 1.29 bits per heavy atom. The number of carbonyl (C=O) groups excluding carboxylic acids is 1. The van der Waals surface area contributed by atoms with E-state index in [4.69, 9.17) is 0 Å². The number of carbonyl (C=O) groups is 1. The van der Waals surface area contributed by atoms with Gasteiger partial charge in [-0.05, 0) is 32.2 Å². The highest BCUT2D eigenvalue weighted by atomic mass is 32.1. The molecule has 3 heterocycles. The normalized spacial score (nSPS) is 27.7. The summed E-state index contributed by atoms with van der Waals surface area (Å²) in [6.45, 7) is 2.00. The van der Waals surface area contributed by atoms with E-state index in [0.717, 1.165) is 43.0 Å². The number of thiazole rings is 1. The van der Waals surface area contributed by atoms with Crippen molar-refractivity contribution in [3.8, 4) is 0 Å². The number of hydrogen-bond donors (Lipinski definition) is 0. The van der Waals surface area contributed by atoms with E-state index in [2.05, 4.69) is 32.1 Å². The lowest BCUT2D eigenvalue weighted by molar-refractivity contribution is -0.126. The Labute approximate surface area is 128 Å². The SMILES string of the molecule is O=C1CCCCC1C1CCCN1Cc1cn2ccsc2n1. The Morgan fingerprint density at radius 2 is 2.24 bits per heavy atom. The van der Waals surface area contributed by atoms with E-state index in [-0.39, 0.29) is 5.92 Å². The van der Waals surface area contributed by atoms with Gasteiger partial charge in [0.1, 0.15) is 5.78 Å². The van der Waals surface area contributed by atoms with Crippen molar-refractivity contribution in [2.75, 3.05) is 6.54 Å². The first-order valence-corrected chi connectivity index (χ1v) is 8.87. The predicted molar refractivity (Wildman–Crippen MR) is 83.5 cm³/mol. The number of hydrogen-bond acceptors (Lipinski definition) is 4. The molecule has 1 saturated heterocycles. The quantitative estimate of drug-likeness (QED) is 0.874. The molecule has 0 N–H and O–H groups in total. The minimum atomic E-state index is 0.282. The molecular weight excluding hydrogens is 282 g/mol. The molecule has 0 amide bonds. The van der Waals surface area contributed by atoms with Crippen LogP contribution in [-0.4, -0.2) is 32.7 Å². The summed E-state index contributed by atoms with van der Waals surface area (Å²) in [5, 5.41) is 2.06. The van der Waals surface area contributed by atoms with Crippen LogP contribution in [0.15, 0.2) is 17.8 Å². The molecule has 1 saturated carbocycles. The summed E-state index contributed by atoms with van der Waals surface area (Å²) in [5.74, 6) is 0.786. The highest BCUT2D eigenvalue weighted by Gasteiger charge is 2.36. The molecule has 2 fully saturated rings. The lowest BCUT2D eigenvalue weighted by atomic mass is 9.82. The number of nitrogens with zero attached hydrogens (tertiary/aromatic N) is 3. The van der Waals surface area contributed by atoms with Gasteiger partial charge in [-0.1, -0.05) is 6.42 Å². The van der Waals surface area contributed by atoms with Gasteiger partial charge < -0.3 is 0 Å². The molecule has 2 unspecified atom stereocenters. The average Bonchev–Trinajstić information content (AvgIpc) is 3.15. The van der Waals surface area contributed by atoms with E-state index in [1.54, 1.807) is 11.3 Å². The molecule has 1 aliphatic heterocycles. The van der Waals surface area contributed by atoms with Crippen molar-refractivity contribution in [2.45, 2.75) is 51.1 Å². The van der Waals surface area contributed by atoms with E-state index < -0.39 is 0 Å². The highest BCUT2D eigenvalue weighted by Crippen LogP contribution is 2.33. The molecule has 0 bridgehead atoms. The van der Waals surface area contributed by atoms with E-state index in [1.165, 1.54) is 19.3 Å². The van der Waals surface area contributed by atoms with Crippen LogP contribution in [-0.2, 0) is 11.3 Å². The van der Waals surface area contributed by atoms with Gasteiger partial charge in [0, 0.05) is 42.7 Å². The first-order chi connectivity index (χ1) is 10.3. The monoisotopic (exact) mass is 303 g/mol. The number of aromatic nitrogens is 2. The Hall–Kier alpha value is -1.20. The number of likely N-dealkylation sites (tertiary alicyclic amines) is 1. The van der Waals surface area contributed by atoms with Crippen molar-refractivity contribution in [3.05, 3.63) is 23.5 Å². The number of Topliss-reactive ketones (excluding diaryl/α,β-unsaturated/α-hetero) is 1. The fourth-order valence-electron chi connectivity index (χ4n) is 3.98. The Bertz CT molecular complexity index is 618. The zero-order valence-electron chi connectivity index (χ0n) is 12.2. The Balaban J connectivity index is 1.50. The molecule has 0 aromatic carbocycles. The topological polar surface area (TPSA) is 37.6 Å². The minimum absolute atomic E-state index is 0.282. The van der Waals surface area contributed by atoms with Crippen molar-refractivity contribution < 1.29 is 4.79 Å². The van der Waals surface area contributed by atoms with E-state index in [9.17, 15) is 4.79 Å². The molecule has 2 atom stereocenters. The highest BCUT2D eigenvalue weighted by molar-refractivity contribution is 7.15. The van der Waals surface area contributed by atoms with Crippen molar-refractivity contribution in [3.63, 3.8) is 0 Å². The fraction of sp³-hybridized carbons (Fsp3) is 0.625. The van der Waals surface area contributed by atoms with Crippen molar-refractivity contribution in [2.24, 2.45) is 5.92 Å². The van der Waals surface area contributed by atoms with Crippen LogP contribution in [0.2, 0.25) is 0 Å². The zero-order chi connectivity index (χ0) is 14.2. The number of fused-ring (bicyclic) bond motifs is 1. The molecule has 4 nitrogen and oxygen atoms in total. The van der Waals surface area contributed by atoms with Gasteiger partial charge >= 0.3 is 0 Å². The first kappa shape index (κ1) is 13.5. The molecule has 5 heteroatoms. The largest absolute Gasteiger partial charge is 0.299 e. The lowest BCUT2D eigenvalue weighted by Gasteiger charge is -2.32. The summed E-state index contributed by atoms with van der Waals surface area (Å²) < 4.78 is 2.09. The molecule has 2 aromatic heterocycles. The Kier molecular flexibility index (Phi) is 3.55. The van der Waals surface area contributed by atoms with E-state index >= 15 is 0 Å². The van der Waals surface area contributed by atoms with Gasteiger partial charge in [0.15, 0.2) is 4.96 Å². The van der Waals surface area contributed by atoms with Crippen LogP contribution < -0.4 is 0 Å². The van der Waals surface area contributed by atoms with Crippen molar-refractivity contribution in [1.82, 2.24) is 14.3 Å². The molecule has 21 heavy (non-hydrogen) atoms. The van der Waals surface area contributed by atoms with E-state index in [0.29, 0.717) is 11.8 Å². The van der Waals surface area contributed by atoms with Crippen LogP contribution in [0.4, 0.5) is 0 Å². The van der Waals surface area contributed by atoms with Crippen molar-refractivity contribution >= 4 is 22.1 Å². The Morgan fingerprint density at radius 3 is 3.10 bits per heavy atom. The second kappa shape index (κ2) is 5.54. The molecule has 4 rings (SSSR count). The van der Waals surface area contributed by atoms with Gasteiger partial charge in [-0.3, -0.25) is 14.1 Å². The first-order valence-electron chi connectivity index (χ1n) is 7.99. The molecule has 1 aliphatic carbocycles. The lowest BCUT2D eigenvalue weighted by Crippen LogP contribution is -2.40. The maximum Gasteiger partial charge on any atom is 0.193 e. The minimum Gasteiger partial charge on any atom is -0.299 e. The third kappa shape index (κ3) is 2.53. The standard InChI is InChI=1S/C16H21N3OS/c20-15-6-2-1-4-13(15)14-5-3-7-18(14)10-12-11-19-8-9-21-16(19)17-12/h8-9,11,13-14H,1-7,10H2. The van der Waals surface area contributed by atoms with Crippen LogP contribution >= 0.6 is 11.3 Å². The predicted octanol–water partition coefficient (Wildman–Crippen LogP) is 3.12. The van der Waals surface area contributed by atoms with Crippen LogP contribution in [0, 0.1) is 5.92 Å². The zero-order valence-corrected chi connectivity index (χ0v) is 13.0. The fourth-order valence-corrected chi connectivity index (χ4v) is 4.70. The van der Waals surface area contributed by atoms with Crippen LogP contribution in [0.1, 0.15) is 44.2 Å². The van der Waals surface area contributed by atoms with Crippen LogP contribution in [0.3, 0.4) is 0 Å². The molecule has 112 valence electrons. The second-order valence-electron chi connectivity index (χ2n) is 6.32. The summed E-state index contributed by atoms with van der Waals surface area (Å²) >= 11 is 1.67. The van der Waals surface area contributed by atoms with Gasteiger partial charge in [-0.15, -0.1) is 11.3 Å². The van der Waals surface area contributed by atoms with E-state index in [1.807, 2.05) is 0 Å². The van der Waals surface area contributed by atoms with Crippen LogP contribution in [0.25, 0.3) is 4.96 Å². The summed E-state index contributed by atoms with van der Waals surface area (Å²) in [4.78, 5) is 20.5. The summed E-state index contributed by atoms with van der Waals surface area (Å²) in [6.07, 6.45) is 10.8. The van der Waals surface area contributed by atoms with Gasteiger partial charge in [0.2, 0.25) is 0 Å². The molecule has 2 aliphatic rings. The number of ketones is 1. The van der Waals surface area contributed by atoms with Gasteiger partial charge in [-0.25, -0.2) is 4.98 Å². The van der Waals surface area contributed by atoms with Crippen LogP contribution in [0.5, 0.6) is 0 Å².